The van der Waals surface area contributed by atoms with Crippen LogP contribution in [-0.4, -0.2) is 37.8 Å². The van der Waals surface area contributed by atoms with Crippen LogP contribution < -0.4 is 5.56 Å². The van der Waals surface area contributed by atoms with E-state index in [0.29, 0.717) is 24.4 Å². The van der Waals surface area contributed by atoms with Crippen LogP contribution in [0.2, 0.25) is 0 Å². The SMILES string of the molecule is CCCCc1cc(C(=O)OCC)cc(=O)n1Cc1ccc(-c2cccc(-c3nn[nH]n3)c2C(c2ccccc2)(c2ccccc2)c2ccccc2)cc1. The van der Waals surface area contributed by atoms with Gasteiger partial charge in [-0.2, -0.15) is 5.21 Å². The predicted molar refractivity (Wildman–Crippen MR) is 208 cm³/mol. The van der Waals surface area contributed by atoms with E-state index in [1.54, 1.807) is 17.6 Å². The zero-order valence-corrected chi connectivity index (χ0v) is 29.9. The molecule has 0 unspecified atom stereocenters. The number of aromatic amines is 1. The fourth-order valence-corrected chi connectivity index (χ4v) is 7.36. The number of tetrazole rings is 1. The molecule has 8 nitrogen and oxygen atoms in total. The summed E-state index contributed by atoms with van der Waals surface area (Å²) < 4.78 is 6.97. The second kappa shape index (κ2) is 15.9. The Bertz CT molecular complexity index is 2240. The molecule has 0 aliphatic heterocycles. The van der Waals surface area contributed by atoms with E-state index in [1.165, 1.54) is 6.07 Å². The molecule has 0 radical (unpaired) electrons. The van der Waals surface area contributed by atoms with Gasteiger partial charge in [0.1, 0.15) is 0 Å². The molecule has 1 N–H and O–H groups in total. The van der Waals surface area contributed by atoms with Gasteiger partial charge in [0.15, 0.2) is 0 Å². The summed E-state index contributed by atoms with van der Waals surface area (Å²) >= 11 is 0. The molecule has 2 heterocycles. The minimum Gasteiger partial charge on any atom is -0.462 e. The first-order valence-corrected chi connectivity index (χ1v) is 18.1. The standard InChI is InChI=1S/C45H41N5O3/c1-3-5-22-38-29-34(44(52)53-4-2)30-41(51)50(38)31-32-25-27-33(28-26-32)39-23-15-24-40(43-46-48-49-47-43)42(39)45(35-16-9-6-10-17-35,36-18-11-7-12-19-36)37-20-13-8-14-21-37/h6-21,23-30H,3-5,22,31H2,1-2H3,(H,46,47,48,49). The van der Waals surface area contributed by atoms with Crippen molar-refractivity contribution in [1.82, 2.24) is 25.2 Å². The van der Waals surface area contributed by atoms with E-state index in [2.05, 4.69) is 137 Å². The van der Waals surface area contributed by atoms with E-state index in [-0.39, 0.29) is 12.2 Å². The smallest absolute Gasteiger partial charge is 0.338 e. The molecule has 0 atom stereocenters. The Balaban J connectivity index is 1.41. The van der Waals surface area contributed by atoms with Crippen molar-refractivity contribution < 1.29 is 9.53 Å². The maximum absolute atomic E-state index is 13.5. The summed E-state index contributed by atoms with van der Waals surface area (Å²) in [7, 11) is 0. The summed E-state index contributed by atoms with van der Waals surface area (Å²) in [4.78, 5) is 26.0. The number of aryl methyl sites for hydroxylation is 1. The molecule has 7 aromatic rings. The average molecular weight is 700 g/mol. The number of carbonyl (C=O) groups is 1. The summed E-state index contributed by atoms with van der Waals surface area (Å²) in [6, 6.07) is 49.5. The third kappa shape index (κ3) is 6.96. The molecule has 5 aromatic carbocycles. The van der Waals surface area contributed by atoms with Crippen LogP contribution in [0.1, 0.15) is 70.6 Å². The number of carbonyl (C=O) groups excluding carboxylic acids is 1. The van der Waals surface area contributed by atoms with Crippen LogP contribution >= 0.6 is 0 Å². The fraction of sp³-hybridized carbons (Fsp3) is 0.178. The number of benzene rings is 5. The van der Waals surface area contributed by atoms with Crippen molar-refractivity contribution in [3.05, 3.63) is 195 Å². The van der Waals surface area contributed by atoms with Crippen molar-refractivity contribution in [2.45, 2.75) is 45.1 Å². The van der Waals surface area contributed by atoms with Crippen LogP contribution in [0, 0.1) is 0 Å². The third-order valence-electron chi connectivity index (χ3n) is 9.76. The van der Waals surface area contributed by atoms with Crippen LogP contribution in [0.4, 0.5) is 0 Å². The Kier molecular flexibility index (Phi) is 10.5. The number of rotatable bonds is 13. The minimum atomic E-state index is -0.781. The lowest BCUT2D eigenvalue weighted by Crippen LogP contribution is -2.32. The van der Waals surface area contributed by atoms with Crippen molar-refractivity contribution in [1.29, 1.82) is 0 Å². The number of nitrogens with one attached hydrogen (secondary N) is 1. The van der Waals surface area contributed by atoms with Crippen LogP contribution in [0.25, 0.3) is 22.5 Å². The summed E-state index contributed by atoms with van der Waals surface area (Å²) in [6.45, 7) is 4.50. The van der Waals surface area contributed by atoms with Gasteiger partial charge in [0.25, 0.3) is 5.56 Å². The highest BCUT2D eigenvalue weighted by Crippen LogP contribution is 2.51. The number of hydrogen-bond acceptors (Lipinski definition) is 6. The number of esters is 1. The highest BCUT2D eigenvalue weighted by molar-refractivity contribution is 5.89. The lowest BCUT2D eigenvalue weighted by molar-refractivity contribution is 0.0525. The molecule has 7 rings (SSSR count). The fourth-order valence-electron chi connectivity index (χ4n) is 7.36. The summed E-state index contributed by atoms with van der Waals surface area (Å²) in [5, 5.41) is 15.6. The Morgan fingerprint density at radius 2 is 1.34 bits per heavy atom. The number of H-pyrrole nitrogens is 1. The van der Waals surface area contributed by atoms with Crippen LogP contribution in [0.5, 0.6) is 0 Å². The van der Waals surface area contributed by atoms with Gasteiger partial charge >= 0.3 is 5.97 Å². The molecule has 0 saturated carbocycles. The molecule has 0 aliphatic rings. The van der Waals surface area contributed by atoms with Crippen LogP contribution in [-0.2, 0) is 23.1 Å². The highest BCUT2D eigenvalue weighted by atomic mass is 16.5. The molecule has 0 fully saturated rings. The van der Waals surface area contributed by atoms with Gasteiger partial charge in [0.05, 0.1) is 24.1 Å². The molecule has 0 aliphatic carbocycles. The zero-order chi connectivity index (χ0) is 36.6. The van der Waals surface area contributed by atoms with E-state index in [9.17, 15) is 9.59 Å². The van der Waals surface area contributed by atoms with E-state index in [4.69, 9.17) is 4.74 Å². The normalized spacial score (nSPS) is 11.4. The van der Waals surface area contributed by atoms with Crippen LogP contribution in [0.3, 0.4) is 0 Å². The average Bonchev–Trinajstić information content (AvgIpc) is 3.75. The zero-order valence-electron chi connectivity index (χ0n) is 29.9. The summed E-state index contributed by atoms with van der Waals surface area (Å²) in [5.74, 6) is 0.0196. The lowest BCUT2D eigenvalue weighted by atomic mass is 9.62. The first kappa shape index (κ1) is 35.0. The van der Waals surface area contributed by atoms with E-state index < -0.39 is 11.4 Å². The minimum absolute atomic E-state index is 0.223. The van der Waals surface area contributed by atoms with Crippen LogP contribution in [0.15, 0.2) is 150 Å². The molecule has 0 spiro atoms. The predicted octanol–water partition coefficient (Wildman–Crippen LogP) is 8.65. The van der Waals surface area contributed by atoms with Crippen molar-refractivity contribution in [2.24, 2.45) is 0 Å². The number of ether oxygens (including phenoxy) is 1. The van der Waals surface area contributed by atoms with E-state index >= 15 is 0 Å². The molecule has 8 heteroatoms. The van der Waals surface area contributed by atoms with Crippen molar-refractivity contribution >= 4 is 5.97 Å². The van der Waals surface area contributed by atoms with Gasteiger partial charge in [-0.3, -0.25) is 4.79 Å². The van der Waals surface area contributed by atoms with Gasteiger partial charge in [0.2, 0.25) is 5.82 Å². The largest absolute Gasteiger partial charge is 0.462 e. The monoisotopic (exact) mass is 699 g/mol. The third-order valence-corrected chi connectivity index (χ3v) is 9.76. The summed E-state index contributed by atoms with van der Waals surface area (Å²) in [5.41, 5.74) is 8.24. The molecule has 53 heavy (non-hydrogen) atoms. The van der Waals surface area contributed by atoms with Gasteiger partial charge in [-0.05, 0) is 70.0 Å². The molecular weight excluding hydrogens is 659 g/mol. The Hall–Kier alpha value is -6.41. The van der Waals surface area contributed by atoms with E-state index in [1.807, 2.05) is 24.3 Å². The number of pyridine rings is 1. The van der Waals surface area contributed by atoms with Gasteiger partial charge in [0, 0.05) is 17.3 Å². The molecule has 0 saturated heterocycles. The number of hydrogen-bond donors (Lipinski definition) is 1. The molecule has 264 valence electrons. The number of unbranched alkanes of at least 4 members (excludes halogenated alkanes) is 1. The van der Waals surface area contributed by atoms with Gasteiger partial charge in [-0.1, -0.05) is 147 Å². The van der Waals surface area contributed by atoms with Gasteiger partial charge < -0.3 is 9.30 Å². The topological polar surface area (TPSA) is 103 Å². The van der Waals surface area contributed by atoms with Gasteiger partial charge in [-0.25, -0.2) is 4.79 Å². The first-order valence-electron chi connectivity index (χ1n) is 18.1. The molecule has 0 bridgehead atoms. The van der Waals surface area contributed by atoms with E-state index in [0.717, 1.165) is 63.0 Å². The first-order chi connectivity index (χ1) is 26.0. The molecule has 0 amide bonds. The second-order valence-electron chi connectivity index (χ2n) is 13.0. The number of aromatic nitrogens is 5. The lowest BCUT2D eigenvalue weighted by Gasteiger charge is -2.39. The van der Waals surface area contributed by atoms with Crippen molar-refractivity contribution in [2.75, 3.05) is 6.61 Å². The second-order valence-corrected chi connectivity index (χ2v) is 13.0. The van der Waals surface area contributed by atoms with Crippen molar-refractivity contribution in [3.63, 3.8) is 0 Å². The number of nitrogens with zero attached hydrogens (tertiary/aromatic N) is 4. The molecule has 2 aromatic heterocycles. The highest BCUT2D eigenvalue weighted by Gasteiger charge is 2.42. The summed E-state index contributed by atoms with van der Waals surface area (Å²) in [6.07, 6.45) is 2.55. The molecular formula is C45H41N5O3. The van der Waals surface area contributed by atoms with Gasteiger partial charge in [-0.15, -0.1) is 10.2 Å². The Morgan fingerprint density at radius 3 is 1.89 bits per heavy atom. The maximum Gasteiger partial charge on any atom is 0.338 e. The van der Waals surface area contributed by atoms with Crippen molar-refractivity contribution in [3.8, 4) is 22.5 Å². The Morgan fingerprint density at radius 1 is 0.736 bits per heavy atom. The Labute approximate surface area is 309 Å². The maximum atomic E-state index is 13.5. The quantitative estimate of drug-likeness (QED) is 0.0955.